The first-order valence-corrected chi connectivity index (χ1v) is 4.23. The third-order valence-corrected chi connectivity index (χ3v) is 1.62. The molecule has 0 unspecified atom stereocenters. The van der Waals surface area contributed by atoms with Gasteiger partial charge in [0.15, 0.2) is 0 Å². The van der Waals surface area contributed by atoms with Crippen LogP contribution in [-0.4, -0.2) is 39.2 Å². The molecule has 0 saturated carbocycles. The quantitative estimate of drug-likeness (QED) is 0.655. The van der Waals surface area contributed by atoms with Crippen LogP contribution in [0, 0.1) is 0 Å². The van der Waals surface area contributed by atoms with Crippen molar-refractivity contribution in [3.8, 4) is 5.88 Å². The molecule has 78 valence electrons. The molecule has 1 aromatic heterocycles. The predicted octanol–water partition coefficient (Wildman–Crippen LogP) is -0.242. The van der Waals surface area contributed by atoms with Crippen LogP contribution in [0.3, 0.4) is 0 Å². The van der Waals surface area contributed by atoms with E-state index in [-0.39, 0.29) is 31.2 Å². The van der Waals surface area contributed by atoms with Crippen LogP contribution >= 0.6 is 0 Å². The molecular formula is C8H12N2O4. The summed E-state index contributed by atoms with van der Waals surface area (Å²) in [6.07, 6.45) is 1.21. The van der Waals surface area contributed by atoms with Gasteiger partial charge in [-0.1, -0.05) is 0 Å². The van der Waals surface area contributed by atoms with Crippen molar-refractivity contribution >= 4 is 5.97 Å². The summed E-state index contributed by atoms with van der Waals surface area (Å²) in [7, 11) is 0. The molecule has 1 aromatic rings. The Morgan fingerprint density at radius 2 is 2.43 bits per heavy atom. The fourth-order valence-corrected chi connectivity index (χ4v) is 0.990. The molecule has 0 bridgehead atoms. The van der Waals surface area contributed by atoms with E-state index in [4.69, 9.17) is 5.11 Å². The Morgan fingerprint density at radius 1 is 1.71 bits per heavy atom. The van der Waals surface area contributed by atoms with E-state index in [9.17, 15) is 9.90 Å². The lowest BCUT2D eigenvalue weighted by molar-refractivity contribution is 0.0522. The zero-order chi connectivity index (χ0) is 10.6. The SMILES string of the molecule is CCOC(=O)c1cnn(CCO)c1O. The van der Waals surface area contributed by atoms with Crippen molar-refractivity contribution in [3.63, 3.8) is 0 Å². The molecule has 6 heteroatoms. The highest BCUT2D eigenvalue weighted by atomic mass is 16.5. The number of rotatable bonds is 4. The van der Waals surface area contributed by atoms with Crippen molar-refractivity contribution in [2.24, 2.45) is 0 Å². The Kier molecular flexibility index (Phi) is 3.47. The Morgan fingerprint density at radius 3 is 3.00 bits per heavy atom. The summed E-state index contributed by atoms with van der Waals surface area (Å²) in [5.41, 5.74) is 0.0142. The van der Waals surface area contributed by atoms with E-state index in [1.165, 1.54) is 6.20 Å². The first-order valence-electron chi connectivity index (χ1n) is 4.23. The van der Waals surface area contributed by atoms with E-state index in [0.717, 1.165) is 4.68 Å². The van der Waals surface area contributed by atoms with Crippen molar-refractivity contribution in [1.29, 1.82) is 0 Å². The fraction of sp³-hybridized carbons (Fsp3) is 0.500. The zero-order valence-electron chi connectivity index (χ0n) is 7.80. The number of aromatic hydroxyl groups is 1. The predicted molar refractivity (Wildman–Crippen MR) is 46.9 cm³/mol. The summed E-state index contributed by atoms with van der Waals surface area (Å²) < 4.78 is 5.82. The topological polar surface area (TPSA) is 84.6 Å². The second kappa shape index (κ2) is 4.61. The molecule has 0 aliphatic heterocycles. The standard InChI is InChI=1S/C8H12N2O4/c1-2-14-8(13)6-5-9-10(3-4-11)7(6)12/h5,11-12H,2-4H2,1H3. The minimum absolute atomic E-state index is 0.0142. The van der Waals surface area contributed by atoms with Gasteiger partial charge in [-0.25, -0.2) is 9.48 Å². The van der Waals surface area contributed by atoms with Crippen LogP contribution in [0.4, 0.5) is 0 Å². The average Bonchev–Trinajstić information content (AvgIpc) is 2.49. The van der Waals surface area contributed by atoms with Crippen molar-refractivity contribution in [2.45, 2.75) is 13.5 Å². The Hall–Kier alpha value is -1.56. The monoisotopic (exact) mass is 200 g/mol. The summed E-state index contributed by atoms with van der Waals surface area (Å²) in [6.45, 7) is 1.90. The molecule has 0 radical (unpaired) electrons. The largest absolute Gasteiger partial charge is 0.493 e. The van der Waals surface area contributed by atoms with Crippen molar-refractivity contribution in [1.82, 2.24) is 9.78 Å². The number of ether oxygens (including phenoxy) is 1. The van der Waals surface area contributed by atoms with Gasteiger partial charge in [-0.3, -0.25) is 0 Å². The third-order valence-electron chi connectivity index (χ3n) is 1.62. The molecule has 6 nitrogen and oxygen atoms in total. The second-order valence-corrected chi connectivity index (χ2v) is 2.55. The molecule has 0 fully saturated rings. The van der Waals surface area contributed by atoms with E-state index in [2.05, 4.69) is 9.84 Å². The van der Waals surface area contributed by atoms with E-state index in [0.29, 0.717) is 0 Å². The minimum atomic E-state index is -0.616. The van der Waals surface area contributed by atoms with Gasteiger partial charge in [-0.2, -0.15) is 5.10 Å². The van der Waals surface area contributed by atoms with Crippen molar-refractivity contribution < 1.29 is 19.7 Å². The average molecular weight is 200 g/mol. The van der Waals surface area contributed by atoms with Crippen LogP contribution in [0.1, 0.15) is 17.3 Å². The first-order chi connectivity index (χ1) is 6.70. The van der Waals surface area contributed by atoms with Gasteiger partial charge in [-0.15, -0.1) is 0 Å². The molecule has 0 atom stereocenters. The van der Waals surface area contributed by atoms with Crippen LogP contribution in [0.5, 0.6) is 5.88 Å². The molecule has 1 heterocycles. The number of carbonyl (C=O) groups excluding carboxylic acids is 1. The maximum atomic E-state index is 11.2. The van der Waals surface area contributed by atoms with Crippen LogP contribution < -0.4 is 0 Å². The number of aromatic nitrogens is 2. The van der Waals surface area contributed by atoms with Gasteiger partial charge in [0.05, 0.1) is 26.0 Å². The van der Waals surface area contributed by atoms with Crippen LogP contribution in [-0.2, 0) is 11.3 Å². The summed E-state index contributed by atoms with van der Waals surface area (Å²) in [6, 6.07) is 0. The van der Waals surface area contributed by atoms with E-state index in [1.807, 2.05) is 0 Å². The molecule has 14 heavy (non-hydrogen) atoms. The Balaban J connectivity index is 2.83. The normalized spacial score (nSPS) is 10.1. The number of aliphatic hydroxyl groups excluding tert-OH is 1. The number of hydrogen-bond acceptors (Lipinski definition) is 5. The molecule has 0 spiro atoms. The summed E-state index contributed by atoms with van der Waals surface area (Å²) in [4.78, 5) is 11.2. The minimum Gasteiger partial charge on any atom is -0.493 e. The van der Waals surface area contributed by atoms with Gasteiger partial charge in [0, 0.05) is 0 Å². The highest BCUT2D eigenvalue weighted by Crippen LogP contribution is 2.16. The van der Waals surface area contributed by atoms with Crippen molar-refractivity contribution in [3.05, 3.63) is 11.8 Å². The summed E-state index contributed by atoms with van der Waals surface area (Å²) in [5, 5.41) is 21.8. The van der Waals surface area contributed by atoms with Crippen LogP contribution in [0.15, 0.2) is 6.20 Å². The van der Waals surface area contributed by atoms with Crippen LogP contribution in [0.2, 0.25) is 0 Å². The number of aliphatic hydroxyl groups is 1. The lowest BCUT2D eigenvalue weighted by atomic mass is 10.3. The smallest absolute Gasteiger partial charge is 0.345 e. The molecule has 0 amide bonds. The Bertz CT molecular complexity index is 321. The van der Waals surface area contributed by atoms with Gasteiger partial charge in [0.1, 0.15) is 5.56 Å². The fourth-order valence-electron chi connectivity index (χ4n) is 0.990. The first kappa shape index (κ1) is 10.5. The van der Waals surface area contributed by atoms with E-state index >= 15 is 0 Å². The highest BCUT2D eigenvalue weighted by Gasteiger charge is 2.17. The molecule has 2 N–H and O–H groups in total. The lowest BCUT2D eigenvalue weighted by Gasteiger charge is -2.01. The molecule has 0 aromatic carbocycles. The highest BCUT2D eigenvalue weighted by molar-refractivity contribution is 5.91. The van der Waals surface area contributed by atoms with E-state index < -0.39 is 5.97 Å². The molecule has 1 rings (SSSR count). The lowest BCUT2D eigenvalue weighted by Crippen LogP contribution is -2.06. The molecular weight excluding hydrogens is 188 g/mol. The Labute approximate surface area is 80.7 Å². The number of esters is 1. The second-order valence-electron chi connectivity index (χ2n) is 2.55. The van der Waals surface area contributed by atoms with E-state index in [1.54, 1.807) is 6.92 Å². The van der Waals surface area contributed by atoms with Gasteiger partial charge in [-0.05, 0) is 6.92 Å². The van der Waals surface area contributed by atoms with Gasteiger partial charge in [0.2, 0.25) is 5.88 Å². The molecule has 0 aliphatic carbocycles. The number of hydrogen-bond donors (Lipinski definition) is 2. The van der Waals surface area contributed by atoms with Gasteiger partial charge in [0.25, 0.3) is 0 Å². The summed E-state index contributed by atoms with van der Waals surface area (Å²) in [5.74, 6) is -0.897. The maximum Gasteiger partial charge on any atom is 0.345 e. The molecule has 0 aliphatic rings. The third kappa shape index (κ3) is 2.02. The molecule has 0 saturated heterocycles. The van der Waals surface area contributed by atoms with Gasteiger partial charge < -0.3 is 14.9 Å². The maximum absolute atomic E-state index is 11.2. The summed E-state index contributed by atoms with van der Waals surface area (Å²) >= 11 is 0. The van der Waals surface area contributed by atoms with Crippen LogP contribution in [0.25, 0.3) is 0 Å². The zero-order valence-corrected chi connectivity index (χ0v) is 7.80. The van der Waals surface area contributed by atoms with Gasteiger partial charge >= 0.3 is 5.97 Å². The number of carbonyl (C=O) groups is 1. The van der Waals surface area contributed by atoms with Crippen molar-refractivity contribution in [2.75, 3.05) is 13.2 Å². The number of nitrogens with zero attached hydrogens (tertiary/aromatic N) is 2.